The number of sulfonamides is 2. The van der Waals surface area contributed by atoms with Crippen LogP contribution in [0.15, 0.2) is 94.7 Å². The Hall–Kier alpha value is -4.10. The molecule has 0 amide bonds. The third-order valence-corrected chi connectivity index (χ3v) is 8.98. The summed E-state index contributed by atoms with van der Waals surface area (Å²) in [5, 5.41) is 18.2. The van der Waals surface area contributed by atoms with Crippen LogP contribution in [0.4, 0.5) is 11.4 Å². The minimum absolute atomic E-state index is 0.0908. The third kappa shape index (κ3) is 6.37. The molecule has 14 heteroatoms. The van der Waals surface area contributed by atoms with E-state index in [0.29, 0.717) is 11.1 Å². The molecule has 40 heavy (non-hydrogen) atoms. The molecule has 0 atom stereocenters. The van der Waals surface area contributed by atoms with Crippen LogP contribution in [0.3, 0.4) is 0 Å². The minimum Gasteiger partial charge on any atom is -0.478 e. The van der Waals surface area contributed by atoms with Crippen LogP contribution in [0.2, 0.25) is 10.0 Å². The van der Waals surface area contributed by atoms with Crippen LogP contribution in [0.5, 0.6) is 0 Å². The van der Waals surface area contributed by atoms with Gasteiger partial charge >= 0.3 is 11.9 Å². The van der Waals surface area contributed by atoms with Crippen LogP contribution in [-0.4, -0.2) is 39.0 Å². The lowest BCUT2D eigenvalue weighted by molar-refractivity contribution is 0.0686. The first-order valence-electron chi connectivity index (χ1n) is 11.1. The maximum absolute atomic E-state index is 12.7. The molecule has 0 fully saturated rings. The number of hydrogen-bond donors (Lipinski definition) is 4. The van der Waals surface area contributed by atoms with E-state index in [4.69, 9.17) is 23.2 Å². The van der Waals surface area contributed by atoms with Crippen molar-refractivity contribution >= 4 is 66.6 Å². The number of nitrogens with one attached hydrogen (secondary N) is 2. The fraction of sp³-hybridized carbons (Fsp3) is 0. The maximum atomic E-state index is 12.7. The summed E-state index contributed by atoms with van der Waals surface area (Å²) in [7, 11) is -8.19. The molecule has 4 aromatic rings. The molecule has 0 aliphatic heterocycles. The largest absolute Gasteiger partial charge is 0.478 e. The van der Waals surface area contributed by atoms with E-state index in [1.807, 2.05) is 0 Å². The first kappa shape index (κ1) is 28.9. The molecule has 0 unspecified atom stereocenters. The summed E-state index contributed by atoms with van der Waals surface area (Å²) in [6, 6.07) is 19.3. The molecule has 0 aromatic heterocycles. The molecule has 206 valence electrons. The summed E-state index contributed by atoms with van der Waals surface area (Å²) in [5.74, 6) is -2.72. The summed E-state index contributed by atoms with van der Waals surface area (Å²) in [4.78, 5) is 22.0. The SMILES string of the molecule is O=C(O)c1cc(S(=O)(=O)Nc2ccc(-c3ccc(NS(=O)(=O)c4ccc(Cl)c(C(=O)O)c4)cc3)cc2)ccc1Cl. The normalized spacial score (nSPS) is 11.6. The molecule has 0 saturated heterocycles. The van der Waals surface area contributed by atoms with Crippen molar-refractivity contribution < 1.29 is 36.6 Å². The Kier molecular flexibility index (Phi) is 8.08. The second-order valence-corrected chi connectivity index (χ2v) is 12.4. The van der Waals surface area contributed by atoms with E-state index in [0.717, 1.165) is 12.1 Å². The molecule has 4 rings (SSSR count). The predicted molar refractivity (Wildman–Crippen MR) is 150 cm³/mol. The van der Waals surface area contributed by atoms with E-state index >= 15 is 0 Å². The molecular formula is C26H18Cl2N2O8S2. The Bertz CT molecular complexity index is 1710. The topological polar surface area (TPSA) is 167 Å². The van der Waals surface area contributed by atoms with Gasteiger partial charge in [0.2, 0.25) is 0 Å². The van der Waals surface area contributed by atoms with Crippen molar-refractivity contribution in [3.8, 4) is 11.1 Å². The number of aromatic carboxylic acids is 2. The molecule has 0 spiro atoms. The van der Waals surface area contributed by atoms with Crippen molar-refractivity contribution in [2.75, 3.05) is 9.44 Å². The molecule has 0 saturated carbocycles. The van der Waals surface area contributed by atoms with Gasteiger partial charge in [-0.1, -0.05) is 47.5 Å². The zero-order valence-electron chi connectivity index (χ0n) is 20.0. The number of carboxylic acid groups (broad SMARTS) is 2. The second kappa shape index (κ2) is 11.2. The van der Waals surface area contributed by atoms with Gasteiger partial charge in [0.05, 0.1) is 31.0 Å². The minimum atomic E-state index is -4.10. The molecule has 0 radical (unpaired) electrons. The maximum Gasteiger partial charge on any atom is 0.337 e. The Morgan fingerprint density at radius 3 is 1.18 bits per heavy atom. The predicted octanol–water partition coefficient (Wildman–Crippen LogP) is 5.66. The molecule has 0 heterocycles. The lowest BCUT2D eigenvalue weighted by atomic mass is 10.1. The number of hydrogen-bond acceptors (Lipinski definition) is 6. The first-order valence-corrected chi connectivity index (χ1v) is 14.8. The van der Waals surface area contributed by atoms with Gasteiger partial charge in [0, 0.05) is 11.4 Å². The number of halogens is 2. The van der Waals surface area contributed by atoms with Crippen LogP contribution in [-0.2, 0) is 20.0 Å². The third-order valence-electron chi connectivity index (χ3n) is 5.56. The van der Waals surface area contributed by atoms with Crippen LogP contribution in [0.1, 0.15) is 20.7 Å². The summed E-state index contributed by atoms with van der Waals surface area (Å²) in [6.07, 6.45) is 0. The number of benzene rings is 4. The number of carboxylic acids is 2. The summed E-state index contributed by atoms with van der Waals surface area (Å²) < 4.78 is 55.7. The first-order chi connectivity index (χ1) is 18.8. The highest BCUT2D eigenvalue weighted by atomic mass is 35.5. The van der Waals surface area contributed by atoms with Gasteiger partial charge in [0.15, 0.2) is 0 Å². The van der Waals surface area contributed by atoms with E-state index in [1.54, 1.807) is 24.3 Å². The Balaban J connectivity index is 1.48. The summed E-state index contributed by atoms with van der Waals surface area (Å²) in [5.41, 5.74) is 1.15. The van der Waals surface area contributed by atoms with Gasteiger partial charge in [0.1, 0.15) is 0 Å². The van der Waals surface area contributed by atoms with Crippen LogP contribution in [0.25, 0.3) is 11.1 Å². The van der Waals surface area contributed by atoms with Gasteiger partial charge in [-0.05, 0) is 71.8 Å². The highest BCUT2D eigenvalue weighted by molar-refractivity contribution is 7.93. The molecule has 4 N–H and O–H groups in total. The van der Waals surface area contributed by atoms with E-state index in [1.165, 1.54) is 48.5 Å². The monoisotopic (exact) mass is 620 g/mol. The van der Waals surface area contributed by atoms with Gasteiger partial charge in [-0.25, -0.2) is 26.4 Å². The summed E-state index contributed by atoms with van der Waals surface area (Å²) >= 11 is 11.6. The highest BCUT2D eigenvalue weighted by Crippen LogP contribution is 2.27. The highest BCUT2D eigenvalue weighted by Gasteiger charge is 2.20. The van der Waals surface area contributed by atoms with Gasteiger partial charge in [-0.15, -0.1) is 0 Å². The average molecular weight is 621 g/mol. The van der Waals surface area contributed by atoms with E-state index in [2.05, 4.69) is 9.44 Å². The number of carbonyl (C=O) groups is 2. The lowest BCUT2D eigenvalue weighted by Crippen LogP contribution is -2.14. The Labute approximate surface area is 238 Å². The van der Waals surface area contributed by atoms with Crippen molar-refractivity contribution in [1.82, 2.24) is 0 Å². The number of rotatable bonds is 9. The van der Waals surface area contributed by atoms with Crippen molar-refractivity contribution in [2.45, 2.75) is 9.79 Å². The van der Waals surface area contributed by atoms with E-state index < -0.39 is 32.0 Å². The van der Waals surface area contributed by atoms with Gasteiger partial charge in [-0.2, -0.15) is 0 Å². The van der Waals surface area contributed by atoms with Gasteiger partial charge in [-0.3, -0.25) is 9.44 Å². The van der Waals surface area contributed by atoms with Gasteiger partial charge in [0.25, 0.3) is 20.0 Å². The van der Waals surface area contributed by atoms with E-state index in [9.17, 15) is 36.6 Å². The van der Waals surface area contributed by atoms with Crippen molar-refractivity contribution in [3.05, 3.63) is 106 Å². The molecule has 0 aliphatic rings. The molecular weight excluding hydrogens is 603 g/mol. The van der Waals surface area contributed by atoms with Crippen LogP contribution in [0, 0.1) is 0 Å². The van der Waals surface area contributed by atoms with Crippen molar-refractivity contribution in [2.24, 2.45) is 0 Å². The second-order valence-electron chi connectivity index (χ2n) is 8.26. The average Bonchev–Trinajstić information content (AvgIpc) is 2.89. The molecule has 0 aliphatic carbocycles. The van der Waals surface area contributed by atoms with Crippen LogP contribution < -0.4 is 9.44 Å². The van der Waals surface area contributed by atoms with Crippen molar-refractivity contribution in [3.63, 3.8) is 0 Å². The molecule has 4 aromatic carbocycles. The standard InChI is InChI=1S/C26H18Cl2N2O8S2/c27-23-11-9-19(13-21(23)25(31)32)39(35,36)29-17-5-1-15(2-6-17)16-3-7-18(8-4-16)30-40(37,38)20-10-12-24(28)22(14-20)26(33)34/h1-14,29-30H,(H,31,32)(H,33,34). The number of anilines is 2. The zero-order valence-corrected chi connectivity index (χ0v) is 23.1. The molecule has 0 bridgehead atoms. The fourth-order valence-electron chi connectivity index (χ4n) is 3.56. The van der Waals surface area contributed by atoms with E-state index in [-0.39, 0.29) is 42.3 Å². The van der Waals surface area contributed by atoms with Crippen molar-refractivity contribution in [1.29, 1.82) is 0 Å². The Morgan fingerprint density at radius 2 is 0.875 bits per heavy atom. The lowest BCUT2D eigenvalue weighted by Gasteiger charge is -2.11. The quantitative estimate of drug-likeness (QED) is 0.186. The fourth-order valence-corrected chi connectivity index (χ4v) is 6.13. The summed E-state index contributed by atoms with van der Waals surface area (Å²) in [6.45, 7) is 0. The Morgan fingerprint density at radius 1 is 0.550 bits per heavy atom. The smallest absolute Gasteiger partial charge is 0.337 e. The van der Waals surface area contributed by atoms with Crippen LogP contribution >= 0.6 is 23.2 Å². The zero-order chi connectivity index (χ0) is 29.2. The molecule has 10 nitrogen and oxygen atoms in total. The van der Waals surface area contributed by atoms with Gasteiger partial charge < -0.3 is 10.2 Å².